The molecule has 1 unspecified atom stereocenters. The van der Waals surface area contributed by atoms with Crippen LogP contribution in [-0.4, -0.2) is 11.9 Å². The van der Waals surface area contributed by atoms with Crippen molar-refractivity contribution in [3.8, 4) is 0 Å². The van der Waals surface area contributed by atoms with Gasteiger partial charge in [-0.15, -0.1) is 11.6 Å². The fourth-order valence-corrected chi connectivity index (χ4v) is 1.86. The first-order valence-electron chi connectivity index (χ1n) is 4.89. The molecule has 0 aromatic heterocycles. The number of benzene rings is 1. The zero-order valence-electron chi connectivity index (χ0n) is 8.56. The Morgan fingerprint density at radius 1 is 1.27 bits per heavy atom. The smallest absolute Gasteiger partial charge is 0.0465 e. The third kappa shape index (κ3) is 4.60. The Morgan fingerprint density at radius 3 is 2.40 bits per heavy atom. The summed E-state index contributed by atoms with van der Waals surface area (Å²) in [7, 11) is 0. The van der Waals surface area contributed by atoms with Crippen LogP contribution in [0.4, 0.5) is 0 Å². The van der Waals surface area contributed by atoms with E-state index in [0.29, 0.717) is 16.6 Å². The normalized spacial score (nSPS) is 12.8. The minimum atomic E-state index is 0.194. The van der Waals surface area contributed by atoms with Crippen LogP contribution in [0.1, 0.15) is 18.9 Å². The van der Waals surface area contributed by atoms with Gasteiger partial charge in [0.15, 0.2) is 0 Å². The van der Waals surface area contributed by atoms with E-state index in [1.165, 1.54) is 0 Å². The van der Waals surface area contributed by atoms with Gasteiger partial charge in [-0.2, -0.15) is 0 Å². The number of alkyl halides is 1. The zero-order valence-corrected chi connectivity index (χ0v) is 10.8. The van der Waals surface area contributed by atoms with Crippen molar-refractivity contribution in [3.05, 3.63) is 33.8 Å². The van der Waals surface area contributed by atoms with Gasteiger partial charge in [-0.05, 0) is 32.0 Å². The van der Waals surface area contributed by atoms with Gasteiger partial charge in [0.2, 0.25) is 0 Å². The highest BCUT2D eigenvalue weighted by Gasteiger charge is 2.04. The Bertz CT molecular complexity index is 292. The maximum atomic E-state index is 6.02. The molecular formula is C11H14Cl3N. The Labute approximate surface area is 106 Å². The standard InChI is InChI=1S/C11H14Cl3N/c1-8(12)5-6-15-7-9-10(13)3-2-4-11(9)14/h2-4,8,15H,5-7H2,1H3. The fraction of sp³-hybridized carbons (Fsp3) is 0.455. The largest absolute Gasteiger partial charge is 0.313 e. The number of hydrogen-bond donors (Lipinski definition) is 1. The minimum absolute atomic E-state index is 0.194. The van der Waals surface area contributed by atoms with E-state index in [1.807, 2.05) is 25.1 Å². The summed E-state index contributed by atoms with van der Waals surface area (Å²) in [5, 5.41) is 4.86. The van der Waals surface area contributed by atoms with Crippen molar-refractivity contribution in [1.29, 1.82) is 0 Å². The predicted octanol–water partition coefficient (Wildman–Crippen LogP) is 4.10. The second-order valence-corrected chi connectivity index (χ2v) is 5.01. The number of rotatable bonds is 5. The molecule has 0 saturated heterocycles. The van der Waals surface area contributed by atoms with Gasteiger partial charge in [0.25, 0.3) is 0 Å². The van der Waals surface area contributed by atoms with Crippen LogP contribution in [0.15, 0.2) is 18.2 Å². The molecule has 84 valence electrons. The lowest BCUT2D eigenvalue weighted by atomic mass is 10.2. The van der Waals surface area contributed by atoms with Crippen molar-refractivity contribution in [2.24, 2.45) is 0 Å². The summed E-state index contributed by atoms with van der Waals surface area (Å²) in [6.45, 7) is 3.53. The van der Waals surface area contributed by atoms with Crippen molar-refractivity contribution in [1.82, 2.24) is 5.32 Å². The first-order chi connectivity index (χ1) is 7.11. The third-order valence-corrected chi connectivity index (χ3v) is 3.01. The minimum Gasteiger partial charge on any atom is -0.313 e. The van der Waals surface area contributed by atoms with Gasteiger partial charge in [0, 0.05) is 27.5 Å². The highest BCUT2D eigenvalue weighted by Crippen LogP contribution is 2.23. The molecule has 0 radical (unpaired) electrons. The molecule has 0 heterocycles. The molecule has 0 spiro atoms. The van der Waals surface area contributed by atoms with Gasteiger partial charge in [0.05, 0.1) is 0 Å². The SMILES string of the molecule is CC(Cl)CCNCc1c(Cl)cccc1Cl. The van der Waals surface area contributed by atoms with Crippen LogP contribution in [0.3, 0.4) is 0 Å². The van der Waals surface area contributed by atoms with Gasteiger partial charge in [-0.1, -0.05) is 29.3 Å². The molecule has 1 nitrogen and oxygen atoms in total. The van der Waals surface area contributed by atoms with Crippen molar-refractivity contribution >= 4 is 34.8 Å². The Morgan fingerprint density at radius 2 is 1.87 bits per heavy atom. The molecule has 4 heteroatoms. The van der Waals surface area contributed by atoms with E-state index in [2.05, 4.69) is 5.32 Å². The second-order valence-electron chi connectivity index (χ2n) is 3.45. The first-order valence-corrected chi connectivity index (χ1v) is 6.08. The quantitative estimate of drug-likeness (QED) is 0.625. The second kappa shape index (κ2) is 6.59. The summed E-state index contributed by atoms with van der Waals surface area (Å²) in [5.41, 5.74) is 0.947. The molecule has 0 aliphatic carbocycles. The lowest BCUT2D eigenvalue weighted by Crippen LogP contribution is -2.17. The summed E-state index contributed by atoms with van der Waals surface area (Å²) >= 11 is 17.9. The van der Waals surface area contributed by atoms with Gasteiger partial charge < -0.3 is 5.32 Å². The molecule has 0 fully saturated rings. The average molecular weight is 267 g/mol. The third-order valence-electron chi connectivity index (χ3n) is 2.08. The summed E-state index contributed by atoms with van der Waals surface area (Å²) in [5.74, 6) is 0. The van der Waals surface area contributed by atoms with Crippen LogP contribution < -0.4 is 5.32 Å². The molecule has 1 atom stereocenters. The molecule has 15 heavy (non-hydrogen) atoms. The van der Waals surface area contributed by atoms with Gasteiger partial charge in [-0.3, -0.25) is 0 Å². The molecular weight excluding hydrogens is 252 g/mol. The molecule has 0 bridgehead atoms. The number of nitrogens with one attached hydrogen (secondary N) is 1. The van der Waals surface area contributed by atoms with Crippen molar-refractivity contribution in [2.75, 3.05) is 6.54 Å². The van der Waals surface area contributed by atoms with Crippen LogP contribution >= 0.6 is 34.8 Å². The van der Waals surface area contributed by atoms with Gasteiger partial charge in [0.1, 0.15) is 0 Å². The Kier molecular flexibility index (Phi) is 5.77. The molecule has 0 amide bonds. The first kappa shape index (κ1) is 13.1. The van der Waals surface area contributed by atoms with Crippen LogP contribution in [0.2, 0.25) is 10.0 Å². The van der Waals surface area contributed by atoms with E-state index < -0.39 is 0 Å². The van der Waals surface area contributed by atoms with Crippen LogP contribution in [-0.2, 0) is 6.54 Å². The maximum absolute atomic E-state index is 6.02. The number of halogens is 3. The van der Waals surface area contributed by atoms with Gasteiger partial charge in [-0.25, -0.2) is 0 Å². The summed E-state index contributed by atoms with van der Waals surface area (Å²) < 4.78 is 0. The molecule has 1 aromatic carbocycles. The lowest BCUT2D eigenvalue weighted by Gasteiger charge is -2.09. The molecule has 0 aliphatic rings. The van der Waals surface area contributed by atoms with E-state index >= 15 is 0 Å². The van der Waals surface area contributed by atoms with E-state index in [0.717, 1.165) is 18.5 Å². The summed E-state index contributed by atoms with van der Waals surface area (Å²) in [4.78, 5) is 0. The highest BCUT2D eigenvalue weighted by atomic mass is 35.5. The molecule has 0 saturated carbocycles. The summed E-state index contributed by atoms with van der Waals surface area (Å²) in [6.07, 6.45) is 0.934. The monoisotopic (exact) mass is 265 g/mol. The van der Waals surface area contributed by atoms with Crippen LogP contribution in [0.5, 0.6) is 0 Å². The van der Waals surface area contributed by atoms with E-state index in [1.54, 1.807) is 0 Å². The zero-order chi connectivity index (χ0) is 11.3. The molecule has 1 N–H and O–H groups in total. The van der Waals surface area contributed by atoms with Crippen LogP contribution in [0, 0.1) is 0 Å². The van der Waals surface area contributed by atoms with Crippen molar-refractivity contribution in [2.45, 2.75) is 25.3 Å². The average Bonchev–Trinajstić information content (AvgIpc) is 2.15. The van der Waals surface area contributed by atoms with Gasteiger partial charge >= 0.3 is 0 Å². The maximum Gasteiger partial charge on any atom is 0.0465 e. The van der Waals surface area contributed by atoms with E-state index in [9.17, 15) is 0 Å². The summed E-state index contributed by atoms with van der Waals surface area (Å²) in [6, 6.07) is 5.53. The molecule has 0 aliphatic heterocycles. The van der Waals surface area contributed by atoms with E-state index in [-0.39, 0.29) is 5.38 Å². The molecule has 1 aromatic rings. The highest BCUT2D eigenvalue weighted by molar-refractivity contribution is 6.35. The number of hydrogen-bond acceptors (Lipinski definition) is 1. The lowest BCUT2D eigenvalue weighted by molar-refractivity contribution is 0.645. The topological polar surface area (TPSA) is 12.0 Å². The molecule has 1 rings (SSSR count). The van der Waals surface area contributed by atoms with E-state index in [4.69, 9.17) is 34.8 Å². The predicted molar refractivity (Wildman–Crippen MR) is 68.1 cm³/mol. The van der Waals surface area contributed by atoms with Crippen molar-refractivity contribution in [3.63, 3.8) is 0 Å². The Balaban J connectivity index is 2.43. The van der Waals surface area contributed by atoms with Crippen LogP contribution in [0.25, 0.3) is 0 Å². The van der Waals surface area contributed by atoms with Crippen molar-refractivity contribution < 1.29 is 0 Å². The fourth-order valence-electron chi connectivity index (χ4n) is 1.22. The Hall–Kier alpha value is 0.0500.